The minimum absolute atomic E-state index is 0. The largest absolute Gasteiger partial charge is 0.357 e. The summed E-state index contributed by atoms with van der Waals surface area (Å²) >= 11 is 0. The molecule has 0 spiro atoms. The number of alkyl halides is 1. The fraction of sp³-hybridized carbons (Fsp3) is 0.632. The van der Waals surface area contributed by atoms with Crippen LogP contribution in [0.4, 0.5) is 4.39 Å². The Labute approximate surface area is 168 Å². The summed E-state index contributed by atoms with van der Waals surface area (Å²) < 4.78 is 12.2. The average molecular weight is 462 g/mol. The van der Waals surface area contributed by atoms with Gasteiger partial charge in [0.2, 0.25) is 0 Å². The van der Waals surface area contributed by atoms with Gasteiger partial charge in [-0.3, -0.25) is 14.3 Å². The van der Waals surface area contributed by atoms with E-state index in [1.807, 2.05) is 0 Å². The molecule has 2 N–H and O–H groups in total. The smallest absolute Gasteiger partial charge is 0.191 e. The third-order valence-corrected chi connectivity index (χ3v) is 4.49. The van der Waals surface area contributed by atoms with E-state index in [1.165, 1.54) is 5.56 Å². The zero-order valence-electron chi connectivity index (χ0n) is 15.4. The molecule has 4 nitrogen and oxygen atoms in total. The second-order valence-corrected chi connectivity index (χ2v) is 6.47. The molecule has 2 rings (SSSR count). The molecular formula is C19H32FIN4. The van der Waals surface area contributed by atoms with Crippen molar-refractivity contribution in [1.29, 1.82) is 0 Å². The third kappa shape index (κ3) is 7.90. The maximum absolute atomic E-state index is 12.2. The first-order valence-corrected chi connectivity index (χ1v) is 9.11. The first-order valence-electron chi connectivity index (χ1n) is 9.11. The van der Waals surface area contributed by atoms with Crippen LogP contribution in [-0.4, -0.2) is 49.3 Å². The summed E-state index contributed by atoms with van der Waals surface area (Å²) in [4.78, 5) is 6.99. The summed E-state index contributed by atoms with van der Waals surface area (Å²) in [6.45, 7) is 7.49. The minimum Gasteiger partial charge on any atom is -0.357 e. The van der Waals surface area contributed by atoms with Gasteiger partial charge in [-0.25, -0.2) is 0 Å². The summed E-state index contributed by atoms with van der Waals surface area (Å²) in [7, 11) is 0. The van der Waals surface area contributed by atoms with E-state index in [4.69, 9.17) is 0 Å². The van der Waals surface area contributed by atoms with Crippen LogP contribution in [0.3, 0.4) is 0 Å². The van der Waals surface area contributed by atoms with E-state index in [2.05, 4.69) is 64.7 Å². The van der Waals surface area contributed by atoms with E-state index in [0.717, 1.165) is 38.4 Å². The Morgan fingerprint density at radius 2 is 2.08 bits per heavy atom. The van der Waals surface area contributed by atoms with Crippen molar-refractivity contribution in [3.63, 3.8) is 0 Å². The van der Waals surface area contributed by atoms with Crippen LogP contribution in [0.5, 0.6) is 0 Å². The van der Waals surface area contributed by atoms with Crippen molar-refractivity contribution in [2.45, 2.75) is 51.7 Å². The highest BCUT2D eigenvalue weighted by Gasteiger charge is 2.25. The highest BCUT2D eigenvalue weighted by molar-refractivity contribution is 14.0. The van der Waals surface area contributed by atoms with Gasteiger partial charge in [0.25, 0.3) is 0 Å². The first kappa shape index (κ1) is 22.2. The molecule has 0 saturated carbocycles. The molecule has 0 radical (unpaired) electrons. The number of likely N-dealkylation sites (tertiary alicyclic amines) is 1. The SMILES string of the molecule is CCNC(=NCCCF)NC1CCN(Cc2ccccc2)C(C)C1.I. The van der Waals surface area contributed by atoms with Crippen molar-refractivity contribution in [2.24, 2.45) is 4.99 Å². The van der Waals surface area contributed by atoms with Gasteiger partial charge in [0.15, 0.2) is 5.96 Å². The molecule has 1 saturated heterocycles. The lowest BCUT2D eigenvalue weighted by Gasteiger charge is -2.38. The number of guanidine groups is 1. The predicted molar refractivity (Wildman–Crippen MR) is 114 cm³/mol. The fourth-order valence-electron chi connectivity index (χ4n) is 3.17. The molecule has 0 aliphatic carbocycles. The highest BCUT2D eigenvalue weighted by Crippen LogP contribution is 2.19. The molecule has 0 bridgehead atoms. The number of hydrogen-bond acceptors (Lipinski definition) is 2. The first-order chi connectivity index (χ1) is 11.7. The second kappa shape index (κ2) is 12.5. The van der Waals surface area contributed by atoms with Crippen LogP contribution >= 0.6 is 24.0 Å². The van der Waals surface area contributed by atoms with Gasteiger partial charge < -0.3 is 10.6 Å². The van der Waals surface area contributed by atoms with Gasteiger partial charge in [0.05, 0.1) is 6.67 Å². The Kier molecular flexibility index (Phi) is 11.0. The van der Waals surface area contributed by atoms with Crippen LogP contribution in [0.2, 0.25) is 0 Å². The Balaban J connectivity index is 0.00000312. The van der Waals surface area contributed by atoms with Crippen molar-refractivity contribution in [2.75, 3.05) is 26.3 Å². The number of rotatable bonds is 7. The van der Waals surface area contributed by atoms with Crippen LogP contribution in [-0.2, 0) is 6.54 Å². The van der Waals surface area contributed by atoms with Gasteiger partial charge in [0.1, 0.15) is 0 Å². The van der Waals surface area contributed by atoms with Gasteiger partial charge in [-0.2, -0.15) is 0 Å². The van der Waals surface area contributed by atoms with Gasteiger partial charge >= 0.3 is 0 Å². The second-order valence-electron chi connectivity index (χ2n) is 6.47. The summed E-state index contributed by atoms with van der Waals surface area (Å²) in [5, 5.41) is 6.78. The van der Waals surface area contributed by atoms with Gasteiger partial charge in [0, 0.05) is 38.3 Å². The molecule has 25 heavy (non-hydrogen) atoms. The Morgan fingerprint density at radius 3 is 2.72 bits per heavy atom. The lowest BCUT2D eigenvalue weighted by molar-refractivity contribution is 0.134. The number of hydrogen-bond donors (Lipinski definition) is 2. The monoisotopic (exact) mass is 462 g/mol. The molecular weight excluding hydrogens is 430 g/mol. The Morgan fingerprint density at radius 1 is 1.32 bits per heavy atom. The standard InChI is InChI=1S/C19H31FN4.HI/c1-3-21-19(22-12-7-11-20)23-18-10-13-24(16(2)14-18)15-17-8-5-4-6-9-17;/h4-6,8-9,16,18H,3,7,10-15H2,1-2H3,(H2,21,22,23);1H. The van der Waals surface area contributed by atoms with E-state index in [0.29, 0.717) is 25.0 Å². The molecule has 1 aliphatic rings. The average Bonchev–Trinajstić information content (AvgIpc) is 2.59. The van der Waals surface area contributed by atoms with Gasteiger partial charge in [-0.05, 0) is 38.7 Å². The third-order valence-electron chi connectivity index (χ3n) is 4.49. The van der Waals surface area contributed by atoms with E-state index in [1.54, 1.807) is 0 Å². The molecule has 2 atom stereocenters. The van der Waals surface area contributed by atoms with E-state index >= 15 is 0 Å². The van der Waals surface area contributed by atoms with Crippen molar-refractivity contribution >= 4 is 29.9 Å². The van der Waals surface area contributed by atoms with Crippen LogP contribution < -0.4 is 10.6 Å². The van der Waals surface area contributed by atoms with E-state index in [-0.39, 0.29) is 30.7 Å². The van der Waals surface area contributed by atoms with Gasteiger partial charge in [-0.15, -0.1) is 24.0 Å². The number of piperidine rings is 1. The van der Waals surface area contributed by atoms with Crippen molar-refractivity contribution in [1.82, 2.24) is 15.5 Å². The van der Waals surface area contributed by atoms with Crippen molar-refractivity contribution in [3.05, 3.63) is 35.9 Å². The molecule has 0 amide bonds. The maximum Gasteiger partial charge on any atom is 0.191 e. The molecule has 1 aliphatic heterocycles. The summed E-state index contributed by atoms with van der Waals surface area (Å²) in [6.07, 6.45) is 2.69. The van der Waals surface area contributed by atoms with Crippen LogP contribution in [0.25, 0.3) is 0 Å². The van der Waals surface area contributed by atoms with Gasteiger partial charge in [-0.1, -0.05) is 30.3 Å². The van der Waals surface area contributed by atoms with Crippen LogP contribution in [0.1, 0.15) is 38.7 Å². The molecule has 1 aromatic rings. The highest BCUT2D eigenvalue weighted by atomic mass is 127. The zero-order valence-corrected chi connectivity index (χ0v) is 17.7. The number of aliphatic imine (C=N–C) groups is 1. The van der Waals surface area contributed by atoms with E-state index < -0.39 is 0 Å². The topological polar surface area (TPSA) is 39.7 Å². The number of halogens is 2. The summed E-state index contributed by atoms with van der Waals surface area (Å²) in [5.41, 5.74) is 1.37. The lowest BCUT2D eigenvalue weighted by atomic mass is 9.97. The molecule has 1 fully saturated rings. The van der Waals surface area contributed by atoms with Crippen LogP contribution in [0, 0.1) is 0 Å². The molecule has 142 valence electrons. The molecule has 1 heterocycles. The van der Waals surface area contributed by atoms with Crippen LogP contribution in [0.15, 0.2) is 35.3 Å². The summed E-state index contributed by atoms with van der Waals surface area (Å²) in [6, 6.07) is 11.6. The summed E-state index contributed by atoms with van der Waals surface area (Å²) in [5.74, 6) is 0.819. The van der Waals surface area contributed by atoms with Crippen molar-refractivity contribution < 1.29 is 4.39 Å². The predicted octanol–water partition coefficient (Wildman–Crippen LogP) is 3.57. The molecule has 6 heteroatoms. The number of benzene rings is 1. The quantitative estimate of drug-likeness (QED) is 0.282. The molecule has 1 aromatic carbocycles. The number of nitrogens with zero attached hydrogens (tertiary/aromatic N) is 2. The lowest BCUT2D eigenvalue weighted by Crippen LogP contribution is -2.51. The minimum atomic E-state index is -0.308. The zero-order chi connectivity index (χ0) is 17.2. The maximum atomic E-state index is 12.2. The number of nitrogens with one attached hydrogen (secondary N) is 2. The Hall–Kier alpha value is -0.890. The van der Waals surface area contributed by atoms with E-state index in [9.17, 15) is 4.39 Å². The van der Waals surface area contributed by atoms with Crippen molar-refractivity contribution in [3.8, 4) is 0 Å². The molecule has 2 unspecified atom stereocenters. The molecule has 0 aromatic heterocycles. The normalized spacial score (nSPS) is 21.5. The Bertz CT molecular complexity index is 497. The fourth-order valence-corrected chi connectivity index (χ4v) is 3.17.